The maximum atomic E-state index is 12.4. The molecule has 0 bridgehead atoms. The van der Waals surface area contributed by atoms with Gasteiger partial charge in [0.05, 0.1) is 0 Å². The molecule has 2 aromatic rings. The molecule has 1 saturated heterocycles. The van der Waals surface area contributed by atoms with E-state index in [0.29, 0.717) is 62.5 Å². The van der Waals surface area contributed by atoms with Crippen molar-refractivity contribution < 1.29 is 18.9 Å². The van der Waals surface area contributed by atoms with Gasteiger partial charge in [-0.3, -0.25) is 14.4 Å². The zero-order chi connectivity index (χ0) is 20.6. The van der Waals surface area contributed by atoms with Crippen molar-refractivity contribution in [3.63, 3.8) is 0 Å². The normalized spacial score (nSPS) is 14.4. The van der Waals surface area contributed by atoms with E-state index in [9.17, 15) is 14.4 Å². The van der Waals surface area contributed by atoms with Crippen LogP contribution in [0.3, 0.4) is 0 Å². The fourth-order valence-corrected chi connectivity index (χ4v) is 3.34. The highest BCUT2D eigenvalue weighted by Gasteiger charge is 2.27. The second kappa shape index (κ2) is 9.86. The van der Waals surface area contributed by atoms with Crippen LogP contribution in [-0.2, 0) is 9.59 Å². The Labute approximate surface area is 169 Å². The molecule has 1 aliphatic heterocycles. The zero-order valence-corrected chi connectivity index (χ0v) is 16.5. The summed E-state index contributed by atoms with van der Waals surface area (Å²) < 4.78 is 4.94. The molecule has 1 aromatic carbocycles. The lowest BCUT2D eigenvalue weighted by atomic mass is 9.95. The van der Waals surface area contributed by atoms with Gasteiger partial charge in [-0.2, -0.15) is 0 Å². The minimum atomic E-state index is -0.138. The number of nitrogens with zero attached hydrogens (tertiary/aromatic N) is 2. The summed E-state index contributed by atoms with van der Waals surface area (Å²) in [5.41, 5.74) is 0.611. The number of rotatable bonds is 7. The summed E-state index contributed by atoms with van der Waals surface area (Å²) >= 11 is 0. The molecule has 0 radical (unpaired) electrons. The summed E-state index contributed by atoms with van der Waals surface area (Å²) in [7, 11) is 0. The average Bonchev–Trinajstić information content (AvgIpc) is 3.16. The zero-order valence-electron chi connectivity index (χ0n) is 16.5. The Kier molecular flexibility index (Phi) is 6.99. The predicted molar refractivity (Wildman–Crippen MR) is 107 cm³/mol. The standard InChI is InChI=1S/C21H26N4O4/c1-15-14-18(24-29-15)23-21(28)17-9-12-25(13-10-17)19(26)8-5-11-22-20(27)16-6-3-2-4-7-16/h2-4,6-7,14,17H,5,8-13H2,1H3,(H,22,27)(H,23,24,28). The molecule has 2 heterocycles. The molecule has 8 nitrogen and oxygen atoms in total. The molecule has 8 heteroatoms. The first-order chi connectivity index (χ1) is 14.0. The third-order valence-electron chi connectivity index (χ3n) is 4.99. The summed E-state index contributed by atoms with van der Waals surface area (Å²) in [5.74, 6) is 0.761. The topological polar surface area (TPSA) is 105 Å². The lowest BCUT2D eigenvalue weighted by molar-refractivity contribution is -0.134. The Morgan fingerprint density at radius 1 is 1.17 bits per heavy atom. The van der Waals surface area contributed by atoms with Crippen LogP contribution in [0.1, 0.15) is 41.8 Å². The van der Waals surface area contributed by atoms with Crippen LogP contribution in [0.25, 0.3) is 0 Å². The molecule has 0 unspecified atom stereocenters. The van der Waals surface area contributed by atoms with Crippen molar-refractivity contribution in [2.75, 3.05) is 25.0 Å². The average molecular weight is 398 g/mol. The van der Waals surface area contributed by atoms with Crippen LogP contribution in [0.15, 0.2) is 40.9 Å². The van der Waals surface area contributed by atoms with E-state index in [1.807, 2.05) is 18.2 Å². The number of piperidine rings is 1. The van der Waals surface area contributed by atoms with E-state index >= 15 is 0 Å². The second-order valence-corrected chi connectivity index (χ2v) is 7.19. The highest BCUT2D eigenvalue weighted by Crippen LogP contribution is 2.20. The van der Waals surface area contributed by atoms with Gasteiger partial charge in [-0.15, -0.1) is 0 Å². The van der Waals surface area contributed by atoms with Gasteiger partial charge in [0.2, 0.25) is 11.8 Å². The molecule has 2 N–H and O–H groups in total. The van der Waals surface area contributed by atoms with Gasteiger partial charge in [-0.25, -0.2) is 0 Å². The van der Waals surface area contributed by atoms with Crippen LogP contribution in [0.2, 0.25) is 0 Å². The lowest BCUT2D eigenvalue weighted by Gasteiger charge is -2.31. The molecular weight excluding hydrogens is 372 g/mol. The first-order valence-corrected chi connectivity index (χ1v) is 9.88. The van der Waals surface area contributed by atoms with Crippen molar-refractivity contribution in [3.05, 3.63) is 47.7 Å². The molecule has 3 amide bonds. The number of anilines is 1. The highest BCUT2D eigenvalue weighted by molar-refractivity contribution is 5.94. The van der Waals surface area contributed by atoms with Gasteiger partial charge in [0, 0.05) is 43.6 Å². The van der Waals surface area contributed by atoms with Crippen LogP contribution in [0.4, 0.5) is 5.82 Å². The summed E-state index contributed by atoms with van der Waals surface area (Å²) in [4.78, 5) is 38.4. The van der Waals surface area contributed by atoms with Crippen LogP contribution < -0.4 is 10.6 Å². The van der Waals surface area contributed by atoms with E-state index in [4.69, 9.17) is 4.52 Å². The van der Waals surface area contributed by atoms with Gasteiger partial charge in [0.1, 0.15) is 5.76 Å². The van der Waals surface area contributed by atoms with Crippen LogP contribution in [-0.4, -0.2) is 47.4 Å². The van der Waals surface area contributed by atoms with Gasteiger partial charge >= 0.3 is 0 Å². The number of aryl methyl sites for hydroxylation is 1. The van der Waals surface area contributed by atoms with Crippen LogP contribution in [0.5, 0.6) is 0 Å². The van der Waals surface area contributed by atoms with Crippen molar-refractivity contribution in [1.29, 1.82) is 0 Å². The van der Waals surface area contributed by atoms with E-state index in [-0.39, 0.29) is 23.6 Å². The number of hydrogen-bond donors (Lipinski definition) is 2. The van der Waals surface area contributed by atoms with Crippen molar-refractivity contribution >= 4 is 23.5 Å². The van der Waals surface area contributed by atoms with Crippen molar-refractivity contribution in [3.8, 4) is 0 Å². The molecule has 1 aromatic heterocycles. The first kappa shape index (κ1) is 20.6. The van der Waals surface area contributed by atoms with Gasteiger partial charge in [-0.1, -0.05) is 23.4 Å². The molecule has 0 spiro atoms. The highest BCUT2D eigenvalue weighted by atomic mass is 16.5. The summed E-state index contributed by atoms with van der Waals surface area (Å²) in [6.45, 7) is 3.34. The Hall–Kier alpha value is -3.16. The number of aromatic nitrogens is 1. The fourth-order valence-electron chi connectivity index (χ4n) is 3.34. The number of amides is 3. The molecule has 0 saturated carbocycles. The van der Waals surface area contributed by atoms with Gasteiger partial charge in [-0.05, 0) is 38.3 Å². The number of nitrogens with one attached hydrogen (secondary N) is 2. The largest absolute Gasteiger partial charge is 0.360 e. The van der Waals surface area contributed by atoms with Gasteiger partial charge < -0.3 is 20.1 Å². The Morgan fingerprint density at radius 3 is 2.55 bits per heavy atom. The SMILES string of the molecule is Cc1cc(NC(=O)C2CCN(C(=O)CCCNC(=O)c3ccccc3)CC2)no1. The number of likely N-dealkylation sites (tertiary alicyclic amines) is 1. The number of benzene rings is 1. The van der Waals surface area contributed by atoms with E-state index in [1.165, 1.54) is 0 Å². The Bertz CT molecular complexity index is 841. The summed E-state index contributed by atoms with van der Waals surface area (Å²) in [6.07, 6.45) is 2.21. The summed E-state index contributed by atoms with van der Waals surface area (Å²) in [6, 6.07) is 10.7. The maximum absolute atomic E-state index is 12.4. The molecule has 3 rings (SSSR count). The van der Waals surface area contributed by atoms with E-state index in [1.54, 1.807) is 30.0 Å². The number of carbonyl (C=O) groups excluding carboxylic acids is 3. The Morgan fingerprint density at radius 2 is 1.90 bits per heavy atom. The van der Waals surface area contributed by atoms with E-state index in [0.717, 1.165) is 0 Å². The molecular formula is C21H26N4O4. The molecule has 1 aliphatic rings. The van der Waals surface area contributed by atoms with E-state index in [2.05, 4.69) is 15.8 Å². The first-order valence-electron chi connectivity index (χ1n) is 9.88. The minimum Gasteiger partial charge on any atom is -0.360 e. The second-order valence-electron chi connectivity index (χ2n) is 7.19. The quantitative estimate of drug-likeness (QED) is 0.697. The van der Waals surface area contributed by atoms with Crippen molar-refractivity contribution in [1.82, 2.24) is 15.4 Å². The number of carbonyl (C=O) groups is 3. The molecule has 29 heavy (non-hydrogen) atoms. The molecule has 154 valence electrons. The van der Waals surface area contributed by atoms with Crippen LogP contribution in [0, 0.1) is 12.8 Å². The van der Waals surface area contributed by atoms with Gasteiger partial charge in [0.15, 0.2) is 5.82 Å². The Balaban J connectivity index is 1.33. The number of hydrogen-bond acceptors (Lipinski definition) is 5. The molecule has 1 fully saturated rings. The fraction of sp³-hybridized carbons (Fsp3) is 0.429. The monoisotopic (exact) mass is 398 g/mol. The smallest absolute Gasteiger partial charge is 0.251 e. The third kappa shape index (κ3) is 5.91. The van der Waals surface area contributed by atoms with Crippen LogP contribution >= 0.6 is 0 Å². The maximum Gasteiger partial charge on any atom is 0.251 e. The third-order valence-corrected chi connectivity index (χ3v) is 4.99. The minimum absolute atomic E-state index is 0.0601. The summed E-state index contributed by atoms with van der Waals surface area (Å²) in [5, 5.41) is 9.35. The molecule has 0 aliphatic carbocycles. The van der Waals surface area contributed by atoms with Crippen molar-refractivity contribution in [2.24, 2.45) is 5.92 Å². The van der Waals surface area contributed by atoms with Crippen molar-refractivity contribution in [2.45, 2.75) is 32.6 Å². The molecule has 0 atom stereocenters. The lowest BCUT2D eigenvalue weighted by Crippen LogP contribution is -2.41. The van der Waals surface area contributed by atoms with E-state index < -0.39 is 0 Å². The van der Waals surface area contributed by atoms with Gasteiger partial charge in [0.25, 0.3) is 5.91 Å². The predicted octanol–water partition coefficient (Wildman–Crippen LogP) is 2.37.